The molecule has 1 rings (SSSR count). The highest BCUT2D eigenvalue weighted by atomic mass is 16.3. The van der Waals surface area contributed by atoms with E-state index in [0.29, 0.717) is 18.4 Å². The van der Waals surface area contributed by atoms with Crippen LogP contribution in [0.3, 0.4) is 0 Å². The van der Waals surface area contributed by atoms with E-state index in [-0.39, 0.29) is 0 Å². The summed E-state index contributed by atoms with van der Waals surface area (Å²) in [7, 11) is 0. The van der Waals surface area contributed by atoms with E-state index in [4.69, 9.17) is 0 Å². The molecule has 1 aliphatic heterocycles. The molecule has 2 nitrogen and oxygen atoms in total. The van der Waals surface area contributed by atoms with E-state index in [1.165, 1.54) is 6.42 Å². The first-order valence-corrected chi connectivity index (χ1v) is 5.96. The summed E-state index contributed by atoms with van der Waals surface area (Å²) < 4.78 is 0. The fraction of sp³-hybridized carbons (Fsp3) is 1.00. The van der Waals surface area contributed by atoms with E-state index in [1.807, 2.05) is 0 Å². The van der Waals surface area contributed by atoms with Crippen molar-refractivity contribution in [3.8, 4) is 0 Å². The smallest absolute Gasteiger partial charge is 0.0462 e. The monoisotopic (exact) mass is 199 g/mol. The van der Waals surface area contributed by atoms with Gasteiger partial charge in [-0.15, -0.1) is 0 Å². The number of hydrogen-bond acceptors (Lipinski definition) is 2. The Morgan fingerprint density at radius 1 is 1.29 bits per heavy atom. The van der Waals surface area contributed by atoms with E-state index in [9.17, 15) is 5.11 Å². The zero-order valence-corrected chi connectivity index (χ0v) is 9.79. The molecule has 1 fully saturated rings. The van der Waals surface area contributed by atoms with E-state index >= 15 is 0 Å². The molecule has 0 aromatic carbocycles. The van der Waals surface area contributed by atoms with Gasteiger partial charge in [-0.05, 0) is 49.6 Å². The molecule has 1 heterocycles. The molecule has 1 aliphatic rings. The first-order chi connectivity index (χ1) is 6.65. The van der Waals surface area contributed by atoms with E-state index < -0.39 is 0 Å². The molecular formula is C12H25NO. The summed E-state index contributed by atoms with van der Waals surface area (Å²) in [5, 5.41) is 12.7. The van der Waals surface area contributed by atoms with Gasteiger partial charge in [0, 0.05) is 6.61 Å². The first-order valence-electron chi connectivity index (χ1n) is 5.96. The molecule has 0 aromatic rings. The fourth-order valence-electron chi connectivity index (χ4n) is 2.24. The van der Waals surface area contributed by atoms with Crippen LogP contribution >= 0.6 is 0 Å². The highest BCUT2D eigenvalue weighted by Crippen LogP contribution is 2.28. The van der Waals surface area contributed by atoms with Crippen molar-refractivity contribution in [3.05, 3.63) is 0 Å². The van der Waals surface area contributed by atoms with Crippen LogP contribution < -0.4 is 5.32 Å². The van der Waals surface area contributed by atoms with Crippen LogP contribution in [0.15, 0.2) is 0 Å². The lowest BCUT2D eigenvalue weighted by atomic mass is 9.78. The van der Waals surface area contributed by atoms with Gasteiger partial charge in [0.05, 0.1) is 0 Å². The summed E-state index contributed by atoms with van der Waals surface area (Å²) in [6, 6.07) is 0. The van der Waals surface area contributed by atoms with E-state index in [1.54, 1.807) is 0 Å². The van der Waals surface area contributed by atoms with Gasteiger partial charge in [0.2, 0.25) is 0 Å². The Morgan fingerprint density at radius 3 is 2.57 bits per heavy atom. The van der Waals surface area contributed by atoms with Gasteiger partial charge in [0.15, 0.2) is 0 Å². The second-order valence-electron chi connectivity index (χ2n) is 5.15. The number of aliphatic hydroxyl groups excluding tert-OH is 1. The molecule has 0 aliphatic carbocycles. The van der Waals surface area contributed by atoms with Crippen LogP contribution in [-0.4, -0.2) is 24.8 Å². The van der Waals surface area contributed by atoms with Crippen molar-refractivity contribution < 1.29 is 5.11 Å². The molecular weight excluding hydrogens is 174 g/mol. The van der Waals surface area contributed by atoms with Crippen molar-refractivity contribution in [2.24, 2.45) is 23.7 Å². The third kappa shape index (κ3) is 3.25. The molecule has 2 heteroatoms. The van der Waals surface area contributed by atoms with Crippen molar-refractivity contribution in [3.63, 3.8) is 0 Å². The maximum Gasteiger partial charge on any atom is 0.0462 e. The van der Waals surface area contributed by atoms with Gasteiger partial charge in [-0.1, -0.05) is 20.8 Å². The van der Waals surface area contributed by atoms with Gasteiger partial charge in [0.1, 0.15) is 0 Å². The predicted octanol–water partition coefficient (Wildman–Crippen LogP) is 1.89. The van der Waals surface area contributed by atoms with Gasteiger partial charge < -0.3 is 10.4 Å². The largest absolute Gasteiger partial charge is 0.396 e. The van der Waals surface area contributed by atoms with Crippen LogP contribution in [0.4, 0.5) is 0 Å². The Bertz CT molecular complexity index is 158. The summed E-state index contributed by atoms with van der Waals surface area (Å²) in [6.45, 7) is 9.45. The topological polar surface area (TPSA) is 32.3 Å². The van der Waals surface area contributed by atoms with Crippen molar-refractivity contribution in [2.45, 2.75) is 33.6 Å². The standard InChI is InChI=1S/C12H25NO/c1-9(2)10(3)6-12-7-13-5-4-11(12)8-14/h9-14H,4-8H2,1-3H3. The summed E-state index contributed by atoms with van der Waals surface area (Å²) in [5.41, 5.74) is 0. The maximum atomic E-state index is 9.29. The highest BCUT2D eigenvalue weighted by molar-refractivity contribution is 4.79. The molecule has 0 amide bonds. The molecule has 3 unspecified atom stereocenters. The van der Waals surface area contributed by atoms with Crippen LogP contribution in [0.5, 0.6) is 0 Å². The lowest BCUT2D eigenvalue weighted by Crippen LogP contribution is -2.39. The number of piperidine rings is 1. The third-order valence-electron chi connectivity index (χ3n) is 3.81. The number of hydrogen-bond donors (Lipinski definition) is 2. The van der Waals surface area contributed by atoms with Gasteiger partial charge in [-0.2, -0.15) is 0 Å². The minimum absolute atomic E-state index is 0.372. The van der Waals surface area contributed by atoms with Crippen molar-refractivity contribution in [1.82, 2.24) is 5.32 Å². The van der Waals surface area contributed by atoms with Crippen LogP contribution in [0.2, 0.25) is 0 Å². The minimum atomic E-state index is 0.372. The summed E-state index contributed by atoms with van der Waals surface area (Å²) in [4.78, 5) is 0. The Kier molecular flexibility index (Phi) is 4.90. The van der Waals surface area contributed by atoms with Gasteiger partial charge in [0.25, 0.3) is 0 Å². The van der Waals surface area contributed by atoms with E-state index in [2.05, 4.69) is 26.1 Å². The highest BCUT2D eigenvalue weighted by Gasteiger charge is 2.26. The fourth-order valence-corrected chi connectivity index (χ4v) is 2.24. The van der Waals surface area contributed by atoms with Gasteiger partial charge >= 0.3 is 0 Å². The predicted molar refractivity (Wildman–Crippen MR) is 60.2 cm³/mol. The lowest BCUT2D eigenvalue weighted by molar-refractivity contribution is 0.122. The Labute approximate surface area is 88.1 Å². The molecule has 1 saturated heterocycles. The number of nitrogens with one attached hydrogen (secondary N) is 1. The number of rotatable bonds is 4. The maximum absolute atomic E-state index is 9.29. The molecule has 0 saturated carbocycles. The first kappa shape index (κ1) is 12.0. The van der Waals surface area contributed by atoms with Gasteiger partial charge in [-0.25, -0.2) is 0 Å². The second-order valence-corrected chi connectivity index (χ2v) is 5.15. The molecule has 3 atom stereocenters. The van der Waals surface area contributed by atoms with Crippen LogP contribution in [-0.2, 0) is 0 Å². The average molecular weight is 199 g/mol. The normalized spacial score (nSPS) is 30.6. The molecule has 0 aromatic heterocycles. The quantitative estimate of drug-likeness (QED) is 0.724. The molecule has 0 bridgehead atoms. The molecule has 2 N–H and O–H groups in total. The number of aliphatic hydroxyl groups is 1. The Morgan fingerprint density at radius 2 is 2.00 bits per heavy atom. The molecule has 0 spiro atoms. The van der Waals surface area contributed by atoms with E-state index in [0.717, 1.165) is 31.3 Å². The molecule has 0 radical (unpaired) electrons. The average Bonchev–Trinajstić information content (AvgIpc) is 2.18. The third-order valence-corrected chi connectivity index (χ3v) is 3.81. The summed E-state index contributed by atoms with van der Waals surface area (Å²) in [6.07, 6.45) is 2.40. The zero-order valence-electron chi connectivity index (χ0n) is 9.79. The zero-order chi connectivity index (χ0) is 10.6. The minimum Gasteiger partial charge on any atom is -0.396 e. The van der Waals surface area contributed by atoms with Crippen molar-refractivity contribution in [1.29, 1.82) is 0 Å². The van der Waals surface area contributed by atoms with Crippen LogP contribution in [0, 0.1) is 23.7 Å². The molecule has 14 heavy (non-hydrogen) atoms. The van der Waals surface area contributed by atoms with Crippen LogP contribution in [0.25, 0.3) is 0 Å². The van der Waals surface area contributed by atoms with Gasteiger partial charge in [-0.3, -0.25) is 0 Å². The Balaban J connectivity index is 2.40. The second kappa shape index (κ2) is 5.72. The van der Waals surface area contributed by atoms with Crippen molar-refractivity contribution >= 4 is 0 Å². The van der Waals surface area contributed by atoms with Crippen LogP contribution in [0.1, 0.15) is 33.6 Å². The Hall–Kier alpha value is -0.0800. The van der Waals surface area contributed by atoms with Crippen molar-refractivity contribution in [2.75, 3.05) is 19.7 Å². The SMILES string of the molecule is CC(C)C(C)CC1CNCCC1CO. The summed E-state index contributed by atoms with van der Waals surface area (Å²) in [5.74, 6) is 2.76. The molecule has 84 valence electrons. The summed E-state index contributed by atoms with van der Waals surface area (Å²) >= 11 is 0. The lowest BCUT2D eigenvalue weighted by Gasteiger charge is -2.33.